The molecular weight excluding hydrogens is 246 g/mol. The summed E-state index contributed by atoms with van der Waals surface area (Å²) in [5, 5.41) is 2.78. The van der Waals surface area contributed by atoms with Gasteiger partial charge >= 0.3 is 6.09 Å². The molecule has 1 fully saturated rings. The molecule has 5 nitrogen and oxygen atoms in total. The van der Waals surface area contributed by atoms with Crippen molar-refractivity contribution in [1.29, 1.82) is 0 Å². The van der Waals surface area contributed by atoms with E-state index >= 15 is 0 Å². The van der Waals surface area contributed by atoms with E-state index in [9.17, 15) is 4.79 Å². The molecular formula is C14H27NO4. The topological polar surface area (TPSA) is 56.8 Å². The van der Waals surface area contributed by atoms with E-state index < -0.39 is 12.4 Å². The molecule has 0 aliphatic heterocycles. The molecule has 19 heavy (non-hydrogen) atoms. The molecule has 1 N–H and O–H groups in total. The number of amides is 1. The molecule has 1 saturated carbocycles. The Balaban J connectivity index is 2.43. The van der Waals surface area contributed by atoms with Crippen molar-refractivity contribution in [2.75, 3.05) is 14.2 Å². The van der Waals surface area contributed by atoms with Gasteiger partial charge in [-0.25, -0.2) is 4.79 Å². The largest absolute Gasteiger partial charge is 0.419 e. The first-order chi connectivity index (χ1) is 8.85. The highest BCUT2D eigenvalue weighted by molar-refractivity contribution is 5.68. The summed E-state index contributed by atoms with van der Waals surface area (Å²) in [5.41, 5.74) is -0.302. The highest BCUT2D eigenvalue weighted by Gasteiger charge is 2.30. The van der Waals surface area contributed by atoms with E-state index in [1.807, 2.05) is 20.8 Å². The molecule has 0 aromatic heterocycles. The number of ether oxygens (including phenoxy) is 3. The molecule has 1 amide bonds. The maximum absolute atomic E-state index is 11.8. The highest BCUT2D eigenvalue weighted by atomic mass is 16.7. The number of carbonyl (C=O) groups is 1. The molecule has 0 radical (unpaired) electrons. The standard InChI is InChI=1S/C14H27NO4/c1-14(2,3)15-13(16)19-12(18-5)10-6-8-11(17-4)9-7-10/h10-12H,6-9H2,1-5H3,(H,15,16). The van der Waals surface area contributed by atoms with Crippen LogP contribution in [0.2, 0.25) is 0 Å². The smallest absolute Gasteiger partial charge is 0.409 e. The first kappa shape index (κ1) is 16.2. The molecule has 1 rings (SSSR count). The number of hydrogen-bond donors (Lipinski definition) is 1. The highest BCUT2D eigenvalue weighted by Crippen LogP contribution is 2.30. The van der Waals surface area contributed by atoms with Gasteiger partial charge in [0.1, 0.15) is 0 Å². The van der Waals surface area contributed by atoms with Crippen LogP contribution in [0.25, 0.3) is 0 Å². The van der Waals surface area contributed by atoms with E-state index in [1.165, 1.54) is 0 Å². The fraction of sp³-hybridized carbons (Fsp3) is 0.929. The van der Waals surface area contributed by atoms with Crippen molar-refractivity contribution in [3.63, 3.8) is 0 Å². The molecule has 1 aliphatic rings. The average molecular weight is 273 g/mol. The van der Waals surface area contributed by atoms with Gasteiger partial charge < -0.3 is 19.5 Å². The van der Waals surface area contributed by atoms with Crippen molar-refractivity contribution in [3.05, 3.63) is 0 Å². The first-order valence-corrected chi connectivity index (χ1v) is 6.90. The van der Waals surface area contributed by atoms with Crippen LogP contribution in [-0.2, 0) is 14.2 Å². The van der Waals surface area contributed by atoms with Crippen LogP contribution in [-0.4, -0.2) is 38.2 Å². The summed E-state index contributed by atoms with van der Waals surface area (Å²) in [7, 11) is 3.32. The van der Waals surface area contributed by atoms with E-state index in [2.05, 4.69) is 5.32 Å². The van der Waals surface area contributed by atoms with Crippen molar-refractivity contribution in [3.8, 4) is 0 Å². The Labute approximate surface area is 116 Å². The van der Waals surface area contributed by atoms with Crippen molar-refractivity contribution in [1.82, 2.24) is 5.32 Å². The maximum atomic E-state index is 11.8. The average Bonchev–Trinajstić information content (AvgIpc) is 2.34. The van der Waals surface area contributed by atoms with E-state index in [0.29, 0.717) is 6.10 Å². The lowest BCUT2D eigenvalue weighted by Gasteiger charge is -2.32. The second-order valence-electron chi connectivity index (χ2n) is 6.16. The van der Waals surface area contributed by atoms with E-state index in [-0.39, 0.29) is 11.5 Å². The van der Waals surface area contributed by atoms with Crippen LogP contribution in [0.1, 0.15) is 46.5 Å². The molecule has 1 unspecified atom stereocenters. The van der Waals surface area contributed by atoms with E-state index in [0.717, 1.165) is 25.7 Å². The lowest BCUT2D eigenvalue weighted by Crippen LogP contribution is -2.44. The molecule has 0 bridgehead atoms. The fourth-order valence-electron chi connectivity index (χ4n) is 2.37. The van der Waals surface area contributed by atoms with Gasteiger partial charge in [-0.05, 0) is 46.5 Å². The SMILES string of the molecule is COC1CCC(C(OC)OC(=O)NC(C)(C)C)CC1. The number of hydrogen-bond acceptors (Lipinski definition) is 4. The zero-order valence-corrected chi connectivity index (χ0v) is 12.7. The van der Waals surface area contributed by atoms with Gasteiger partial charge in [0.25, 0.3) is 0 Å². The second kappa shape index (κ2) is 7.10. The Morgan fingerprint density at radius 3 is 2.16 bits per heavy atom. The zero-order chi connectivity index (χ0) is 14.5. The third-order valence-electron chi connectivity index (χ3n) is 3.37. The van der Waals surface area contributed by atoms with Gasteiger partial charge in [0.2, 0.25) is 6.29 Å². The minimum absolute atomic E-state index is 0.252. The summed E-state index contributed by atoms with van der Waals surface area (Å²) in [6, 6.07) is 0. The van der Waals surface area contributed by atoms with Gasteiger partial charge in [0.05, 0.1) is 6.10 Å². The molecule has 0 heterocycles. The summed E-state index contributed by atoms with van der Waals surface area (Å²) in [4.78, 5) is 11.8. The zero-order valence-electron chi connectivity index (χ0n) is 12.7. The van der Waals surface area contributed by atoms with Gasteiger partial charge in [-0.3, -0.25) is 0 Å². The Morgan fingerprint density at radius 1 is 1.16 bits per heavy atom. The van der Waals surface area contributed by atoms with Crippen molar-refractivity contribution in [2.24, 2.45) is 5.92 Å². The molecule has 5 heteroatoms. The molecule has 1 aliphatic carbocycles. The van der Waals surface area contributed by atoms with Crippen LogP contribution in [0.15, 0.2) is 0 Å². The summed E-state index contributed by atoms with van der Waals surface area (Å²) in [6.45, 7) is 5.75. The number of nitrogens with one attached hydrogen (secondary N) is 1. The Morgan fingerprint density at radius 2 is 1.74 bits per heavy atom. The van der Waals surface area contributed by atoms with Gasteiger partial charge in [0, 0.05) is 25.7 Å². The van der Waals surface area contributed by atoms with Crippen LogP contribution in [0.3, 0.4) is 0 Å². The number of rotatable bonds is 4. The maximum Gasteiger partial charge on any atom is 0.409 e. The fourth-order valence-corrected chi connectivity index (χ4v) is 2.37. The number of carbonyl (C=O) groups excluding carboxylic acids is 1. The van der Waals surface area contributed by atoms with Gasteiger partial charge in [-0.15, -0.1) is 0 Å². The molecule has 0 saturated heterocycles. The van der Waals surface area contributed by atoms with Crippen LogP contribution in [0.5, 0.6) is 0 Å². The molecule has 0 aromatic carbocycles. The van der Waals surface area contributed by atoms with Crippen LogP contribution < -0.4 is 5.32 Å². The number of alkyl carbamates (subject to hydrolysis) is 1. The van der Waals surface area contributed by atoms with Crippen molar-refractivity contribution in [2.45, 2.75) is 64.4 Å². The summed E-state index contributed by atoms with van der Waals surface area (Å²) in [6.07, 6.45) is 3.33. The monoisotopic (exact) mass is 273 g/mol. The van der Waals surface area contributed by atoms with E-state index in [1.54, 1.807) is 14.2 Å². The quantitative estimate of drug-likeness (QED) is 0.800. The van der Waals surface area contributed by atoms with Gasteiger partial charge in [0.15, 0.2) is 0 Å². The third-order valence-corrected chi connectivity index (χ3v) is 3.37. The lowest BCUT2D eigenvalue weighted by molar-refractivity contribution is -0.131. The third kappa shape index (κ3) is 5.78. The van der Waals surface area contributed by atoms with Crippen molar-refractivity contribution >= 4 is 6.09 Å². The van der Waals surface area contributed by atoms with Crippen LogP contribution >= 0.6 is 0 Å². The molecule has 1 atom stereocenters. The predicted octanol–water partition coefficient (Wildman–Crippen LogP) is 2.69. The Hall–Kier alpha value is -0.810. The Kier molecular flexibility index (Phi) is 6.07. The van der Waals surface area contributed by atoms with Gasteiger partial charge in [-0.2, -0.15) is 0 Å². The van der Waals surface area contributed by atoms with Crippen LogP contribution in [0, 0.1) is 5.92 Å². The summed E-state index contributed by atoms with van der Waals surface area (Å²) in [5.74, 6) is 0.252. The second-order valence-corrected chi connectivity index (χ2v) is 6.16. The number of methoxy groups -OCH3 is 2. The molecule has 0 spiro atoms. The minimum atomic E-state index is -0.472. The van der Waals surface area contributed by atoms with Gasteiger partial charge in [-0.1, -0.05) is 0 Å². The van der Waals surface area contributed by atoms with Crippen LogP contribution in [0.4, 0.5) is 4.79 Å². The minimum Gasteiger partial charge on any atom is -0.419 e. The summed E-state index contributed by atoms with van der Waals surface area (Å²) < 4.78 is 16.0. The lowest BCUT2D eigenvalue weighted by atomic mass is 9.87. The summed E-state index contributed by atoms with van der Waals surface area (Å²) >= 11 is 0. The Bertz CT molecular complexity index is 280. The molecule has 112 valence electrons. The predicted molar refractivity (Wildman–Crippen MR) is 72.9 cm³/mol. The van der Waals surface area contributed by atoms with E-state index in [4.69, 9.17) is 14.2 Å². The normalized spacial score (nSPS) is 25.7. The van der Waals surface area contributed by atoms with Crippen molar-refractivity contribution < 1.29 is 19.0 Å². The molecule has 0 aromatic rings. The first-order valence-electron chi connectivity index (χ1n) is 6.90.